The Kier molecular flexibility index (Phi) is 5.27. The summed E-state index contributed by atoms with van der Waals surface area (Å²) in [6.45, 7) is 3.89. The summed E-state index contributed by atoms with van der Waals surface area (Å²) in [5.74, 6) is 0.668. The SMILES string of the molecule is CC(C)Oc1cccc(C(=O)Cc2cccc(Cl)c2Cl)c1. The van der Waals surface area contributed by atoms with Crippen molar-refractivity contribution in [3.63, 3.8) is 0 Å². The number of rotatable bonds is 5. The van der Waals surface area contributed by atoms with E-state index in [1.54, 1.807) is 30.3 Å². The molecule has 0 atom stereocenters. The van der Waals surface area contributed by atoms with Crippen LogP contribution in [-0.2, 0) is 6.42 Å². The Bertz CT molecular complexity index is 651. The fraction of sp³-hybridized carbons (Fsp3) is 0.235. The average molecular weight is 323 g/mol. The van der Waals surface area contributed by atoms with Gasteiger partial charge in [0, 0.05) is 12.0 Å². The third kappa shape index (κ3) is 4.23. The highest BCUT2D eigenvalue weighted by Gasteiger charge is 2.12. The predicted octanol–water partition coefficient (Wildman–Crippen LogP) is 5.21. The van der Waals surface area contributed by atoms with Crippen LogP contribution in [0.25, 0.3) is 0 Å². The molecule has 0 aliphatic rings. The lowest BCUT2D eigenvalue weighted by Crippen LogP contribution is -2.08. The van der Waals surface area contributed by atoms with Crippen molar-refractivity contribution in [2.24, 2.45) is 0 Å². The van der Waals surface area contributed by atoms with E-state index in [2.05, 4.69) is 0 Å². The molecule has 2 rings (SSSR count). The molecule has 0 N–H and O–H groups in total. The maximum absolute atomic E-state index is 12.4. The van der Waals surface area contributed by atoms with Crippen LogP contribution in [0.5, 0.6) is 5.75 Å². The summed E-state index contributed by atoms with van der Waals surface area (Å²) in [4.78, 5) is 12.4. The number of hydrogen-bond acceptors (Lipinski definition) is 2. The molecule has 0 aliphatic heterocycles. The zero-order chi connectivity index (χ0) is 15.4. The van der Waals surface area contributed by atoms with Gasteiger partial charge >= 0.3 is 0 Å². The zero-order valence-electron chi connectivity index (χ0n) is 11.9. The summed E-state index contributed by atoms with van der Waals surface area (Å²) < 4.78 is 5.60. The van der Waals surface area contributed by atoms with E-state index in [9.17, 15) is 4.79 Å². The first kappa shape index (κ1) is 15.9. The highest BCUT2D eigenvalue weighted by atomic mass is 35.5. The minimum absolute atomic E-state index is 0.0200. The molecule has 0 aliphatic carbocycles. The molecule has 110 valence electrons. The van der Waals surface area contributed by atoms with Crippen LogP contribution in [-0.4, -0.2) is 11.9 Å². The van der Waals surface area contributed by atoms with Crippen LogP contribution in [0.15, 0.2) is 42.5 Å². The molecule has 21 heavy (non-hydrogen) atoms. The minimum Gasteiger partial charge on any atom is -0.491 e. The van der Waals surface area contributed by atoms with Crippen molar-refractivity contribution in [2.45, 2.75) is 26.4 Å². The number of hydrogen-bond donors (Lipinski definition) is 0. The molecule has 0 saturated carbocycles. The number of halogens is 2. The summed E-state index contributed by atoms with van der Waals surface area (Å²) in [7, 11) is 0. The van der Waals surface area contributed by atoms with Crippen molar-refractivity contribution < 1.29 is 9.53 Å². The molecule has 0 saturated heterocycles. The first-order chi connectivity index (χ1) is 9.97. The van der Waals surface area contributed by atoms with E-state index >= 15 is 0 Å². The molecular weight excluding hydrogens is 307 g/mol. The molecule has 2 nitrogen and oxygen atoms in total. The van der Waals surface area contributed by atoms with Crippen LogP contribution >= 0.6 is 23.2 Å². The Morgan fingerprint density at radius 1 is 1.14 bits per heavy atom. The Hall–Kier alpha value is -1.51. The van der Waals surface area contributed by atoms with Gasteiger partial charge in [-0.05, 0) is 37.6 Å². The van der Waals surface area contributed by atoms with E-state index in [1.807, 2.05) is 26.0 Å². The smallest absolute Gasteiger partial charge is 0.167 e. The van der Waals surface area contributed by atoms with Crippen LogP contribution in [0.3, 0.4) is 0 Å². The third-order valence-electron chi connectivity index (χ3n) is 2.91. The van der Waals surface area contributed by atoms with Gasteiger partial charge in [-0.3, -0.25) is 4.79 Å². The molecule has 0 spiro atoms. The summed E-state index contributed by atoms with van der Waals surface area (Å²) in [5, 5.41) is 0.890. The van der Waals surface area contributed by atoms with Gasteiger partial charge in [0.1, 0.15) is 5.75 Å². The Labute approximate surface area is 134 Å². The molecule has 0 heterocycles. The van der Waals surface area contributed by atoms with Gasteiger partial charge < -0.3 is 4.74 Å². The Balaban J connectivity index is 2.18. The predicted molar refractivity (Wildman–Crippen MR) is 86.7 cm³/mol. The second-order valence-electron chi connectivity index (χ2n) is 5.01. The van der Waals surface area contributed by atoms with Crippen molar-refractivity contribution in [1.82, 2.24) is 0 Å². The molecule has 0 fully saturated rings. The first-order valence-corrected chi connectivity index (χ1v) is 7.46. The van der Waals surface area contributed by atoms with Gasteiger partial charge in [-0.15, -0.1) is 0 Å². The fourth-order valence-electron chi connectivity index (χ4n) is 1.98. The lowest BCUT2D eigenvalue weighted by atomic mass is 10.0. The molecule has 0 radical (unpaired) electrons. The van der Waals surface area contributed by atoms with Crippen LogP contribution in [0.1, 0.15) is 29.8 Å². The van der Waals surface area contributed by atoms with Crippen molar-refractivity contribution in [2.75, 3.05) is 0 Å². The van der Waals surface area contributed by atoms with Gasteiger partial charge in [0.25, 0.3) is 0 Å². The van der Waals surface area contributed by atoms with Gasteiger partial charge in [-0.1, -0.05) is 47.5 Å². The van der Waals surface area contributed by atoms with E-state index in [0.717, 1.165) is 5.56 Å². The van der Waals surface area contributed by atoms with E-state index in [0.29, 0.717) is 21.4 Å². The number of carbonyl (C=O) groups excluding carboxylic acids is 1. The maximum Gasteiger partial charge on any atom is 0.167 e. The lowest BCUT2D eigenvalue weighted by Gasteiger charge is -2.11. The molecule has 4 heteroatoms. The Morgan fingerprint density at radius 2 is 1.86 bits per heavy atom. The largest absolute Gasteiger partial charge is 0.491 e. The number of carbonyl (C=O) groups is 1. The summed E-state index contributed by atoms with van der Waals surface area (Å²) >= 11 is 12.1. The van der Waals surface area contributed by atoms with E-state index < -0.39 is 0 Å². The topological polar surface area (TPSA) is 26.3 Å². The number of Topliss-reactive ketones (excluding diaryl/α,β-unsaturated/α-hetero) is 1. The van der Waals surface area contributed by atoms with Crippen LogP contribution in [0, 0.1) is 0 Å². The second kappa shape index (κ2) is 6.97. The molecule has 2 aromatic rings. The molecule has 0 bridgehead atoms. The molecule has 0 aromatic heterocycles. The third-order valence-corrected chi connectivity index (χ3v) is 3.77. The van der Waals surface area contributed by atoms with Crippen molar-refractivity contribution >= 4 is 29.0 Å². The van der Waals surface area contributed by atoms with Gasteiger partial charge in [0.15, 0.2) is 5.78 Å². The molecule has 0 unspecified atom stereocenters. The van der Waals surface area contributed by atoms with Gasteiger partial charge in [0.05, 0.1) is 16.1 Å². The van der Waals surface area contributed by atoms with E-state index in [-0.39, 0.29) is 18.3 Å². The standard InChI is InChI=1S/C17H16Cl2O2/c1-11(2)21-14-7-3-5-12(9-14)16(20)10-13-6-4-8-15(18)17(13)19/h3-9,11H,10H2,1-2H3. The summed E-state index contributed by atoms with van der Waals surface area (Å²) in [6.07, 6.45) is 0.280. The molecule has 0 amide bonds. The number of ketones is 1. The van der Waals surface area contributed by atoms with Gasteiger partial charge in [0.2, 0.25) is 0 Å². The normalized spacial score (nSPS) is 10.7. The van der Waals surface area contributed by atoms with Crippen molar-refractivity contribution in [3.8, 4) is 5.75 Å². The molecule has 2 aromatic carbocycles. The van der Waals surface area contributed by atoms with Gasteiger partial charge in [-0.25, -0.2) is 0 Å². The van der Waals surface area contributed by atoms with Crippen LogP contribution < -0.4 is 4.74 Å². The highest BCUT2D eigenvalue weighted by Crippen LogP contribution is 2.27. The number of ether oxygens (including phenoxy) is 1. The first-order valence-electron chi connectivity index (χ1n) is 6.70. The average Bonchev–Trinajstić information content (AvgIpc) is 2.43. The van der Waals surface area contributed by atoms with E-state index in [1.165, 1.54) is 0 Å². The minimum atomic E-state index is -0.0200. The quantitative estimate of drug-likeness (QED) is 0.706. The summed E-state index contributed by atoms with van der Waals surface area (Å²) in [5.41, 5.74) is 1.33. The van der Waals surface area contributed by atoms with Crippen molar-refractivity contribution in [1.29, 1.82) is 0 Å². The number of benzene rings is 2. The van der Waals surface area contributed by atoms with E-state index in [4.69, 9.17) is 27.9 Å². The highest BCUT2D eigenvalue weighted by molar-refractivity contribution is 6.42. The van der Waals surface area contributed by atoms with Crippen LogP contribution in [0.2, 0.25) is 10.0 Å². The monoisotopic (exact) mass is 322 g/mol. The Morgan fingerprint density at radius 3 is 2.57 bits per heavy atom. The zero-order valence-corrected chi connectivity index (χ0v) is 13.4. The maximum atomic E-state index is 12.4. The lowest BCUT2D eigenvalue weighted by molar-refractivity contribution is 0.0992. The second-order valence-corrected chi connectivity index (χ2v) is 5.79. The van der Waals surface area contributed by atoms with Gasteiger partial charge in [-0.2, -0.15) is 0 Å². The van der Waals surface area contributed by atoms with Crippen LogP contribution in [0.4, 0.5) is 0 Å². The van der Waals surface area contributed by atoms with Crippen molar-refractivity contribution in [3.05, 3.63) is 63.6 Å². The summed E-state index contributed by atoms with van der Waals surface area (Å²) in [6, 6.07) is 12.5. The fourth-order valence-corrected chi connectivity index (χ4v) is 2.36. The molecular formula is C17H16Cl2O2.